The molecule has 0 atom stereocenters. The average molecular weight is 426 g/mol. The fourth-order valence-corrected chi connectivity index (χ4v) is 3.38. The number of nitrogens with zero attached hydrogens (tertiary/aromatic N) is 1. The maximum Gasteiger partial charge on any atom is 0.261 e. The van der Waals surface area contributed by atoms with Gasteiger partial charge in [0.1, 0.15) is 12.4 Å². The number of aliphatic imine (C=N–C) groups is 1. The fourth-order valence-electron chi connectivity index (χ4n) is 3.02. The Balaban J connectivity index is 2.03. The zero-order valence-electron chi connectivity index (χ0n) is 15.3. The summed E-state index contributed by atoms with van der Waals surface area (Å²) >= 11 is 3.39. The van der Waals surface area contributed by atoms with Crippen LogP contribution in [0.25, 0.3) is 0 Å². The Labute approximate surface area is 163 Å². The Bertz CT molecular complexity index is 614. The van der Waals surface area contributed by atoms with Crippen LogP contribution >= 0.6 is 15.9 Å². The first kappa shape index (κ1) is 20.7. The molecular weight excluding hydrogens is 398 g/mol. The summed E-state index contributed by atoms with van der Waals surface area (Å²) < 4.78 is 11.4. The van der Waals surface area contributed by atoms with Crippen LogP contribution in [0.15, 0.2) is 27.7 Å². The van der Waals surface area contributed by atoms with E-state index in [0.717, 1.165) is 17.3 Å². The lowest BCUT2D eigenvalue weighted by Gasteiger charge is -2.17. The van der Waals surface area contributed by atoms with Gasteiger partial charge in [-0.15, -0.1) is 0 Å². The minimum Gasteiger partial charge on any atom is -0.490 e. The number of rotatable bonds is 6. The van der Waals surface area contributed by atoms with Crippen molar-refractivity contribution in [1.29, 1.82) is 0 Å². The summed E-state index contributed by atoms with van der Waals surface area (Å²) in [6.07, 6.45) is 8.18. The van der Waals surface area contributed by atoms with Gasteiger partial charge in [-0.1, -0.05) is 48.0 Å². The van der Waals surface area contributed by atoms with E-state index in [-0.39, 0.29) is 17.9 Å². The molecule has 26 heavy (non-hydrogen) atoms. The van der Waals surface area contributed by atoms with Crippen molar-refractivity contribution in [3.05, 3.63) is 28.2 Å². The van der Waals surface area contributed by atoms with E-state index in [9.17, 15) is 4.79 Å². The molecule has 0 unspecified atom stereocenters. The predicted octanol–water partition coefficient (Wildman–Crippen LogP) is 3.63. The second kappa shape index (κ2) is 11.2. The number of amides is 1. The highest BCUT2D eigenvalue weighted by molar-refractivity contribution is 9.10. The number of halogens is 1. The van der Waals surface area contributed by atoms with Crippen LogP contribution in [0.3, 0.4) is 0 Å². The summed E-state index contributed by atoms with van der Waals surface area (Å²) in [6, 6.07) is 5.47. The van der Waals surface area contributed by atoms with Crippen molar-refractivity contribution in [1.82, 2.24) is 5.32 Å². The number of carbonyl (C=O) groups is 1. The quantitative estimate of drug-likeness (QED) is 0.413. The molecule has 3 N–H and O–H groups in total. The third kappa shape index (κ3) is 6.96. The molecule has 1 fully saturated rings. The number of benzene rings is 1. The number of nitrogens with one attached hydrogen (secondary N) is 1. The normalized spacial score (nSPS) is 16.6. The first-order valence-corrected chi connectivity index (χ1v) is 9.95. The molecule has 0 bridgehead atoms. The first-order valence-electron chi connectivity index (χ1n) is 9.16. The zero-order chi connectivity index (χ0) is 18.8. The van der Waals surface area contributed by atoms with E-state index in [2.05, 4.69) is 26.2 Å². The zero-order valence-corrected chi connectivity index (χ0v) is 16.9. The highest BCUT2D eigenvalue weighted by Gasteiger charge is 2.16. The largest absolute Gasteiger partial charge is 0.490 e. The second-order valence-corrected chi connectivity index (χ2v) is 7.36. The van der Waals surface area contributed by atoms with Crippen molar-refractivity contribution in [3.8, 4) is 5.75 Å². The van der Waals surface area contributed by atoms with E-state index in [4.69, 9.17) is 15.2 Å². The van der Waals surface area contributed by atoms with Gasteiger partial charge >= 0.3 is 0 Å². The summed E-state index contributed by atoms with van der Waals surface area (Å²) in [5.74, 6) is 0.329. The highest BCUT2D eigenvalue weighted by atomic mass is 79.9. The molecule has 144 valence electrons. The summed E-state index contributed by atoms with van der Waals surface area (Å²) in [5, 5.41) is 2.69. The van der Waals surface area contributed by atoms with Crippen LogP contribution in [-0.2, 0) is 4.74 Å². The molecule has 0 aliphatic heterocycles. The molecule has 1 amide bonds. The second-order valence-electron chi connectivity index (χ2n) is 6.45. The van der Waals surface area contributed by atoms with Gasteiger partial charge in [0, 0.05) is 11.6 Å². The van der Waals surface area contributed by atoms with Crippen LogP contribution in [0.2, 0.25) is 0 Å². The summed E-state index contributed by atoms with van der Waals surface area (Å²) in [7, 11) is 1.60. The molecule has 6 nitrogen and oxygen atoms in total. The van der Waals surface area contributed by atoms with Gasteiger partial charge in [-0.2, -0.15) is 0 Å². The predicted molar refractivity (Wildman–Crippen MR) is 107 cm³/mol. The van der Waals surface area contributed by atoms with Crippen molar-refractivity contribution in [2.75, 3.05) is 20.3 Å². The first-order chi connectivity index (χ1) is 12.6. The van der Waals surface area contributed by atoms with E-state index >= 15 is 0 Å². The topological polar surface area (TPSA) is 85.9 Å². The van der Waals surface area contributed by atoms with Crippen LogP contribution in [0.1, 0.15) is 55.3 Å². The van der Waals surface area contributed by atoms with Gasteiger partial charge in [-0.25, -0.2) is 4.99 Å². The SMILES string of the molecule is COCCOc1ccc(Br)cc1C(=O)NC(N)=NC1CCCCCCC1. The van der Waals surface area contributed by atoms with E-state index in [1.54, 1.807) is 19.2 Å². The lowest BCUT2D eigenvalue weighted by Crippen LogP contribution is -2.38. The van der Waals surface area contributed by atoms with Gasteiger partial charge < -0.3 is 15.2 Å². The smallest absolute Gasteiger partial charge is 0.261 e. The van der Waals surface area contributed by atoms with E-state index in [1.165, 1.54) is 32.1 Å². The van der Waals surface area contributed by atoms with Crippen molar-refractivity contribution >= 4 is 27.8 Å². The molecule has 0 radical (unpaired) electrons. The monoisotopic (exact) mass is 425 g/mol. The van der Waals surface area contributed by atoms with Crippen molar-refractivity contribution in [3.63, 3.8) is 0 Å². The molecule has 1 aromatic rings. The number of guanidine groups is 1. The summed E-state index contributed by atoms with van der Waals surface area (Å²) in [6.45, 7) is 0.812. The minimum absolute atomic E-state index is 0.170. The average Bonchev–Trinajstić information content (AvgIpc) is 2.58. The van der Waals surface area contributed by atoms with Crippen LogP contribution < -0.4 is 15.8 Å². The van der Waals surface area contributed by atoms with Crippen LogP contribution in [-0.4, -0.2) is 38.2 Å². The van der Waals surface area contributed by atoms with Gasteiger partial charge in [0.05, 0.1) is 18.2 Å². The molecular formula is C19H28BrN3O3. The lowest BCUT2D eigenvalue weighted by atomic mass is 9.97. The number of carbonyl (C=O) groups excluding carboxylic acids is 1. The number of hydrogen-bond acceptors (Lipinski definition) is 4. The Hall–Kier alpha value is -1.60. The van der Waals surface area contributed by atoms with Gasteiger partial charge in [0.15, 0.2) is 5.96 Å². The number of nitrogens with two attached hydrogens (primary N) is 1. The van der Waals surface area contributed by atoms with Gasteiger partial charge in [0.2, 0.25) is 0 Å². The molecule has 1 aromatic carbocycles. The molecule has 1 saturated carbocycles. The third-order valence-corrected chi connectivity index (χ3v) is 4.86. The Kier molecular flexibility index (Phi) is 8.91. The molecule has 1 aliphatic carbocycles. The van der Waals surface area contributed by atoms with Crippen LogP contribution in [0.4, 0.5) is 0 Å². The standard InChI is InChI=1S/C19H28BrN3O3/c1-25-11-12-26-17-10-9-14(20)13-16(17)18(24)23-19(21)22-15-7-5-3-2-4-6-8-15/h9-10,13,15H,2-8,11-12H2,1H3,(H3,21,22,23,24). The maximum atomic E-state index is 12.6. The van der Waals surface area contributed by atoms with Crippen molar-refractivity contribution in [2.45, 2.75) is 51.0 Å². The Morgan fingerprint density at radius 2 is 1.92 bits per heavy atom. The molecule has 7 heteroatoms. The highest BCUT2D eigenvalue weighted by Crippen LogP contribution is 2.23. The van der Waals surface area contributed by atoms with E-state index < -0.39 is 0 Å². The fraction of sp³-hybridized carbons (Fsp3) is 0.579. The molecule has 0 heterocycles. The van der Waals surface area contributed by atoms with Gasteiger partial charge in [-0.3, -0.25) is 10.1 Å². The lowest BCUT2D eigenvalue weighted by molar-refractivity contribution is 0.0968. The minimum atomic E-state index is -0.328. The maximum absolute atomic E-state index is 12.6. The molecule has 0 saturated heterocycles. The van der Waals surface area contributed by atoms with E-state index in [1.807, 2.05) is 6.07 Å². The molecule has 0 spiro atoms. The Morgan fingerprint density at radius 3 is 2.62 bits per heavy atom. The van der Waals surface area contributed by atoms with Crippen LogP contribution in [0, 0.1) is 0 Å². The molecule has 0 aromatic heterocycles. The number of hydrogen-bond donors (Lipinski definition) is 2. The summed E-state index contributed by atoms with van der Waals surface area (Å²) in [4.78, 5) is 17.1. The number of ether oxygens (including phenoxy) is 2. The Morgan fingerprint density at radius 1 is 1.23 bits per heavy atom. The van der Waals surface area contributed by atoms with Gasteiger partial charge in [0.25, 0.3) is 5.91 Å². The summed E-state index contributed by atoms with van der Waals surface area (Å²) in [5.41, 5.74) is 6.40. The van der Waals surface area contributed by atoms with Gasteiger partial charge in [-0.05, 0) is 31.0 Å². The van der Waals surface area contributed by atoms with Crippen LogP contribution in [0.5, 0.6) is 5.75 Å². The number of methoxy groups -OCH3 is 1. The molecule has 1 aliphatic rings. The third-order valence-electron chi connectivity index (χ3n) is 4.37. The van der Waals surface area contributed by atoms with Crippen molar-refractivity contribution in [2.24, 2.45) is 10.7 Å². The van der Waals surface area contributed by atoms with Crippen molar-refractivity contribution < 1.29 is 14.3 Å². The van der Waals surface area contributed by atoms with E-state index in [0.29, 0.717) is 24.5 Å². The molecule has 2 rings (SSSR count).